The van der Waals surface area contributed by atoms with E-state index >= 15 is 0 Å². The van der Waals surface area contributed by atoms with E-state index in [1.165, 1.54) is 27.1 Å². The predicted molar refractivity (Wildman–Crippen MR) is 362 cm³/mol. The number of fused-ring (bicyclic) bond motifs is 1. The molecule has 3 aromatic heterocycles. The molecule has 100 heavy (non-hydrogen) atoms. The molecule has 0 radical (unpaired) electrons. The number of anilines is 1. The lowest BCUT2D eigenvalue weighted by Gasteiger charge is -2.43. The molecule has 2 saturated heterocycles. The second-order valence-electron chi connectivity index (χ2n) is 24.8. The highest BCUT2D eigenvalue weighted by Gasteiger charge is 2.53. The smallest absolute Gasteiger partial charge is 0.303 e. The van der Waals surface area contributed by atoms with E-state index in [0.717, 1.165) is 16.7 Å². The summed E-state index contributed by atoms with van der Waals surface area (Å²) in [7, 11) is 1.19. The van der Waals surface area contributed by atoms with Crippen LogP contribution in [-0.4, -0.2) is 184 Å². The Morgan fingerprint density at radius 3 is 2.04 bits per heavy atom. The van der Waals surface area contributed by atoms with Crippen LogP contribution in [0, 0.1) is 23.2 Å². The molecule has 2 amide bonds. The fourth-order valence-electron chi connectivity index (χ4n) is 11.6. The quantitative estimate of drug-likeness (QED) is 0.0110. The minimum absolute atomic E-state index is 0.0447. The normalized spacial score (nSPS) is 20.3. The molecule has 0 aliphatic carbocycles. The zero-order chi connectivity index (χ0) is 72.0. The summed E-state index contributed by atoms with van der Waals surface area (Å²) in [4.78, 5) is 87.4. The van der Waals surface area contributed by atoms with Crippen molar-refractivity contribution in [3.05, 3.63) is 124 Å². The largest absolute Gasteiger partial charge is 0.497 e. The number of benzene rings is 3. The number of amides is 2. The SMILES string of the molecule is COc1ccc(C(OC[C@H]2O[C@@H](n3cnc4c(=O)[nH]c(NC(=O)C(C)C)nc43)C(OCc3cn(CCOCCNC(=O)CCCCOC4OC(COC(C)=O)C(OC(C)=O)C(OC(C)=O)C4C)nn3)[C@@H]2OP(OCCC#N)N(C(C)C)C(C)C)(c2ccccc2)c2ccc(OC)cc2)cc1. The molecule has 2 fully saturated rings. The van der Waals surface area contributed by atoms with Gasteiger partial charge in [0.15, 0.2) is 29.8 Å². The van der Waals surface area contributed by atoms with Gasteiger partial charge in [-0.2, -0.15) is 10.2 Å². The van der Waals surface area contributed by atoms with Crippen molar-refractivity contribution in [2.24, 2.45) is 11.8 Å². The standard InChI is InChI=1S/C69H92N11O19P/c1-42(2)64(85)74-68-73-63-58(65(86)75-68)72-41-79(63)66-62(92-38-52-37-78(77-76-52)32-36-89-35-31-71-57(84)21-16-17-33-90-67-45(7)59(95-47(9)82)60(96-48(10)83)55(98-67)39-91-46(8)81)61(99-100(94-34-18-30-70)80(43(3)4)44(5)6)56(97-66)40-93-69(49-19-14-13-15-20-49,50-22-26-53(87-11)27-23-50)51-24-28-54(88-12)29-25-51/h13-15,19-20,22-29,37,41-45,55-56,59-62,66-67H,16-18,21,31-36,38-40H2,1-12H3,(H,71,84)(H2,73,74,75,85,86)/t45?,55?,56-,59?,60?,61-,62?,66-,67?,100?/m1/s1. The van der Waals surface area contributed by atoms with Crippen LogP contribution in [0.1, 0.15) is 124 Å². The first-order valence-corrected chi connectivity index (χ1v) is 34.4. The van der Waals surface area contributed by atoms with Gasteiger partial charge in [-0.1, -0.05) is 80.6 Å². The fraction of sp³-hybridized carbons (Fsp3) is 0.551. The zero-order valence-corrected chi connectivity index (χ0v) is 59.5. The topological polar surface area (TPSA) is 351 Å². The Balaban J connectivity index is 0.998. The molecule has 0 bridgehead atoms. The van der Waals surface area contributed by atoms with E-state index in [1.54, 1.807) is 50.4 Å². The Kier molecular flexibility index (Phi) is 28.9. The second-order valence-corrected chi connectivity index (χ2v) is 26.2. The lowest BCUT2D eigenvalue weighted by molar-refractivity contribution is -0.288. The first kappa shape index (κ1) is 77.4. The maximum atomic E-state index is 13.8. The number of ether oxygens (including phenoxy) is 11. The van der Waals surface area contributed by atoms with Gasteiger partial charge in [0.1, 0.15) is 59.9 Å². The number of unbranched alkanes of at least 4 members (excludes halogenated alkanes) is 1. The number of nitrogens with zero attached hydrogens (tertiary/aromatic N) is 8. The van der Waals surface area contributed by atoms with Crippen molar-refractivity contribution in [1.82, 2.24) is 44.5 Å². The molecule has 2 aliphatic heterocycles. The number of rotatable bonds is 38. The van der Waals surface area contributed by atoms with Crippen molar-refractivity contribution in [2.45, 2.75) is 175 Å². The molecule has 31 heteroatoms. The summed E-state index contributed by atoms with van der Waals surface area (Å²) < 4.78 is 86.4. The molecule has 10 atom stereocenters. The number of hydrogen-bond acceptors (Lipinski definition) is 25. The van der Waals surface area contributed by atoms with Gasteiger partial charge in [-0.15, -0.1) is 5.10 Å². The molecule has 3 N–H and O–H groups in total. The molecule has 3 aromatic carbocycles. The number of imidazole rings is 1. The van der Waals surface area contributed by atoms with E-state index in [1.807, 2.05) is 107 Å². The van der Waals surface area contributed by atoms with Crippen molar-refractivity contribution >= 4 is 55.4 Å². The monoisotopic (exact) mass is 1410 g/mol. The molecule has 542 valence electrons. The zero-order valence-electron chi connectivity index (χ0n) is 58.6. The number of carbonyl (C=O) groups is 5. The average Bonchev–Trinajstić information content (AvgIpc) is 1.26. The molecule has 5 heterocycles. The van der Waals surface area contributed by atoms with Crippen LogP contribution in [0.15, 0.2) is 96.2 Å². The fourth-order valence-corrected chi connectivity index (χ4v) is 13.4. The van der Waals surface area contributed by atoms with E-state index in [9.17, 15) is 34.0 Å². The molecule has 2 aliphatic rings. The van der Waals surface area contributed by atoms with E-state index in [2.05, 4.69) is 41.7 Å². The Bertz CT molecular complexity index is 3660. The van der Waals surface area contributed by atoms with Crippen LogP contribution in [0.25, 0.3) is 11.2 Å². The number of methoxy groups -OCH3 is 2. The lowest BCUT2D eigenvalue weighted by Crippen LogP contribution is -2.58. The number of carbonyl (C=O) groups excluding carboxylic acids is 5. The first-order valence-electron chi connectivity index (χ1n) is 33.3. The molecule has 6 aromatic rings. The van der Waals surface area contributed by atoms with Gasteiger partial charge < -0.3 is 66.5 Å². The summed E-state index contributed by atoms with van der Waals surface area (Å²) in [5, 5.41) is 24.2. The Morgan fingerprint density at radius 1 is 0.770 bits per heavy atom. The first-order chi connectivity index (χ1) is 48.0. The number of nitrogens with one attached hydrogen (secondary N) is 3. The third-order valence-electron chi connectivity index (χ3n) is 16.4. The molecule has 0 spiro atoms. The number of aromatic amines is 1. The third-order valence-corrected chi connectivity index (χ3v) is 18.5. The summed E-state index contributed by atoms with van der Waals surface area (Å²) >= 11 is 0. The van der Waals surface area contributed by atoms with Crippen LogP contribution >= 0.6 is 8.53 Å². The summed E-state index contributed by atoms with van der Waals surface area (Å²) in [5.41, 5.74) is 0.769. The van der Waals surface area contributed by atoms with Crippen molar-refractivity contribution < 1.29 is 85.1 Å². The molecule has 30 nitrogen and oxygen atoms in total. The molecule has 0 saturated carbocycles. The Morgan fingerprint density at radius 2 is 1.42 bits per heavy atom. The maximum absolute atomic E-state index is 13.8. The number of aromatic nitrogens is 7. The van der Waals surface area contributed by atoms with Gasteiger partial charge in [-0.25, -0.2) is 14.3 Å². The molecular weight excluding hydrogens is 1320 g/mol. The maximum Gasteiger partial charge on any atom is 0.303 e. The second kappa shape index (κ2) is 37.4. The van der Waals surface area contributed by atoms with Crippen LogP contribution < -0.4 is 25.7 Å². The van der Waals surface area contributed by atoms with Crippen LogP contribution in [0.3, 0.4) is 0 Å². The predicted octanol–water partition coefficient (Wildman–Crippen LogP) is 7.58. The van der Waals surface area contributed by atoms with Crippen LogP contribution in [0.2, 0.25) is 0 Å². The van der Waals surface area contributed by atoms with Gasteiger partial charge in [0.2, 0.25) is 17.8 Å². The van der Waals surface area contributed by atoms with Gasteiger partial charge in [-0.3, -0.25) is 43.6 Å². The Hall–Kier alpha value is -8.34. The van der Waals surface area contributed by atoms with E-state index in [-0.39, 0.29) is 113 Å². The van der Waals surface area contributed by atoms with Gasteiger partial charge in [-0.05, 0) is 81.5 Å². The van der Waals surface area contributed by atoms with Crippen LogP contribution in [0.4, 0.5) is 5.95 Å². The van der Waals surface area contributed by atoms with Gasteiger partial charge in [0.25, 0.3) is 14.1 Å². The van der Waals surface area contributed by atoms with Crippen molar-refractivity contribution in [3.8, 4) is 17.6 Å². The molecule has 8 rings (SSSR count). The lowest BCUT2D eigenvalue weighted by atomic mass is 9.80. The van der Waals surface area contributed by atoms with Crippen LogP contribution in [0.5, 0.6) is 11.5 Å². The minimum atomic E-state index is -2.00. The Labute approximate surface area is 582 Å². The highest BCUT2D eigenvalue weighted by molar-refractivity contribution is 7.44. The number of nitriles is 1. The van der Waals surface area contributed by atoms with E-state index in [0.29, 0.717) is 30.0 Å². The highest BCUT2D eigenvalue weighted by atomic mass is 31.2. The van der Waals surface area contributed by atoms with Crippen molar-refractivity contribution in [3.63, 3.8) is 0 Å². The third kappa shape index (κ3) is 20.4. The molecule has 7 unspecified atom stereocenters. The van der Waals surface area contributed by atoms with E-state index < -0.39 is 98.6 Å². The number of H-pyrrole nitrogens is 1. The molecular formula is C69H92N11O19P. The minimum Gasteiger partial charge on any atom is -0.497 e. The number of esters is 3. The summed E-state index contributed by atoms with van der Waals surface area (Å²) in [6.07, 6.45) is -3.85. The van der Waals surface area contributed by atoms with E-state index in [4.69, 9.17) is 66.1 Å². The van der Waals surface area contributed by atoms with Gasteiger partial charge in [0.05, 0.1) is 78.8 Å². The summed E-state index contributed by atoms with van der Waals surface area (Å²) in [6, 6.07) is 27.0. The average molecular weight is 1410 g/mol. The summed E-state index contributed by atoms with van der Waals surface area (Å²) in [6.45, 7) is 17.5. The van der Waals surface area contributed by atoms with Gasteiger partial charge >= 0.3 is 17.9 Å². The van der Waals surface area contributed by atoms with Crippen molar-refractivity contribution in [1.29, 1.82) is 5.26 Å². The van der Waals surface area contributed by atoms with Gasteiger partial charge in [0, 0.05) is 64.3 Å². The number of hydrogen-bond donors (Lipinski definition) is 3. The summed E-state index contributed by atoms with van der Waals surface area (Å²) in [5.74, 6) is -2.25. The van der Waals surface area contributed by atoms with Crippen molar-refractivity contribution in [2.75, 3.05) is 65.7 Å². The highest BCUT2D eigenvalue weighted by Crippen LogP contribution is 2.52. The van der Waals surface area contributed by atoms with Crippen LogP contribution in [-0.2, 0) is 94.4 Å².